The van der Waals surface area contributed by atoms with E-state index in [2.05, 4.69) is 47.8 Å². The fraction of sp³-hybridized carbons (Fsp3) is 0.368. The zero-order chi connectivity index (χ0) is 14.1. The Hall–Kier alpha value is -1.80. The standard InChI is InChI=1S/C19H21NO/c1-2-7-19-17(5-1)11-18(21-19)13-20-12-14-4-3-6-16(10-14)15-8-9-15/h1-7,10,15,18,20H,8-9,11-13H2. The van der Waals surface area contributed by atoms with Crippen molar-refractivity contribution in [1.82, 2.24) is 5.32 Å². The van der Waals surface area contributed by atoms with Gasteiger partial charge < -0.3 is 10.1 Å². The van der Waals surface area contributed by atoms with Gasteiger partial charge in [0.15, 0.2) is 0 Å². The Kier molecular flexibility index (Phi) is 3.40. The summed E-state index contributed by atoms with van der Waals surface area (Å²) in [6, 6.07) is 17.4. The highest BCUT2D eigenvalue weighted by Crippen LogP contribution is 2.40. The lowest BCUT2D eigenvalue weighted by molar-refractivity contribution is 0.227. The van der Waals surface area contributed by atoms with Gasteiger partial charge in [-0.1, -0.05) is 42.5 Å². The molecule has 2 heteroatoms. The summed E-state index contributed by atoms with van der Waals surface area (Å²) in [6.07, 6.45) is 4.02. The molecule has 1 fully saturated rings. The van der Waals surface area contributed by atoms with Crippen molar-refractivity contribution in [3.63, 3.8) is 0 Å². The first-order valence-corrected chi connectivity index (χ1v) is 7.92. The first-order chi connectivity index (χ1) is 10.4. The Bertz CT molecular complexity index is 608. The Balaban J connectivity index is 1.29. The molecular weight excluding hydrogens is 258 g/mol. The second-order valence-electron chi connectivity index (χ2n) is 6.20. The lowest BCUT2D eigenvalue weighted by Crippen LogP contribution is -2.29. The van der Waals surface area contributed by atoms with Crippen LogP contribution in [-0.2, 0) is 13.0 Å². The quantitative estimate of drug-likeness (QED) is 0.902. The topological polar surface area (TPSA) is 21.3 Å². The highest BCUT2D eigenvalue weighted by atomic mass is 16.5. The smallest absolute Gasteiger partial charge is 0.123 e. The predicted octanol–water partition coefficient (Wildman–Crippen LogP) is 3.66. The molecule has 2 aliphatic rings. The van der Waals surface area contributed by atoms with E-state index in [1.165, 1.54) is 29.5 Å². The lowest BCUT2D eigenvalue weighted by Gasteiger charge is -2.12. The molecule has 0 aromatic heterocycles. The lowest BCUT2D eigenvalue weighted by atomic mass is 10.1. The van der Waals surface area contributed by atoms with Crippen molar-refractivity contribution < 1.29 is 4.74 Å². The zero-order valence-corrected chi connectivity index (χ0v) is 12.2. The number of ether oxygens (including phenoxy) is 1. The van der Waals surface area contributed by atoms with Gasteiger partial charge in [0.05, 0.1) is 0 Å². The molecule has 1 N–H and O–H groups in total. The molecule has 2 aromatic rings. The molecule has 1 heterocycles. The number of hydrogen-bond donors (Lipinski definition) is 1. The van der Waals surface area contributed by atoms with Gasteiger partial charge in [0.1, 0.15) is 11.9 Å². The van der Waals surface area contributed by atoms with E-state index in [0.29, 0.717) is 0 Å². The van der Waals surface area contributed by atoms with Crippen LogP contribution in [0.25, 0.3) is 0 Å². The first kappa shape index (κ1) is 12.9. The molecule has 21 heavy (non-hydrogen) atoms. The molecule has 4 rings (SSSR count). The van der Waals surface area contributed by atoms with E-state index in [4.69, 9.17) is 4.74 Å². The fourth-order valence-electron chi connectivity index (χ4n) is 3.12. The number of hydrogen-bond acceptors (Lipinski definition) is 2. The molecule has 0 saturated heterocycles. The Morgan fingerprint density at radius 1 is 1.05 bits per heavy atom. The molecule has 0 spiro atoms. The predicted molar refractivity (Wildman–Crippen MR) is 84.7 cm³/mol. The van der Waals surface area contributed by atoms with Crippen LogP contribution < -0.4 is 10.1 Å². The summed E-state index contributed by atoms with van der Waals surface area (Å²) < 4.78 is 5.95. The molecular formula is C19H21NO. The third-order valence-electron chi connectivity index (χ3n) is 4.41. The van der Waals surface area contributed by atoms with Gasteiger partial charge in [0.2, 0.25) is 0 Å². The van der Waals surface area contributed by atoms with Crippen molar-refractivity contribution in [2.45, 2.75) is 37.8 Å². The summed E-state index contributed by atoms with van der Waals surface area (Å²) in [5.74, 6) is 1.89. The monoisotopic (exact) mass is 279 g/mol. The Labute approximate surface area is 126 Å². The summed E-state index contributed by atoms with van der Waals surface area (Å²) in [6.45, 7) is 1.83. The largest absolute Gasteiger partial charge is 0.488 e. The van der Waals surface area contributed by atoms with Crippen molar-refractivity contribution in [3.05, 3.63) is 65.2 Å². The van der Waals surface area contributed by atoms with E-state index in [9.17, 15) is 0 Å². The van der Waals surface area contributed by atoms with Crippen molar-refractivity contribution in [3.8, 4) is 5.75 Å². The van der Waals surface area contributed by atoms with Gasteiger partial charge in [0.25, 0.3) is 0 Å². The summed E-state index contributed by atoms with van der Waals surface area (Å²) >= 11 is 0. The first-order valence-electron chi connectivity index (χ1n) is 7.92. The maximum Gasteiger partial charge on any atom is 0.123 e. The van der Waals surface area contributed by atoms with Gasteiger partial charge in [-0.15, -0.1) is 0 Å². The summed E-state index contributed by atoms with van der Waals surface area (Å²) in [5, 5.41) is 3.54. The Morgan fingerprint density at radius 2 is 1.95 bits per heavy atom. The minimum atomic E-state index is 0.272. The minimum Gasteiger partial charge on any atom is -0.488 e. The molecule has 2 aromatic carbocycles. The van der Waals surface area contributed by atoms with Gasteiger partial charge in [-0.2, -0.15) is 0 Å². The second kappa shape index (κ2) is 5.53. The summed E-state index contributed by atoms with van der Waals surface area (Å²) in [4.78, 5) is 0. The van der Waals surface area contributed by atoms with Gasteiger partial charge in [-0.25, -0.2) is 0 Å². The molecule has 1 unspecified atom stereocenters. The molecule has 108 valence electrons. The molecule has 1 aliphatic carbocycles. The summed E-state index contributed by atoms with van der Waals surface area (Å²) in [7, 11) is 0. The normalized spacial score (nSPS) is 20.1. The minimum absolute atomic E-state index is 0.272. The van der Waals surface area contributed by atoms with E-state index in [0.717, 1.165) is 31.2 Å². The highest BCUT2D eigenvalue weighted by molar-refractivity contribution is 5.37. The number of rotatable bonds is 5. The van der Waals surface area contributed by atoms with E-state index in [1.54, 1.807) is 0 Å². The number of fused-ring (bicyclic) bond motifs is 1. The van der Waals surface area contributed by atoms with Crippen LogP contribution in [0.5, 0.6) is 5.75 Å². The molecule has 0 radical (unpaired) electrons. The SMILES string of the molecule is c1cc(CNCC2Cc3ccccc3O2)cc(C2CC2)c1. The molecule has 0 amide bonds. The van der Waals surface area contributed by atoms with Crippen LogP contribution in [0.4, 0.5) is 0 Å². The maximum atomic E-state index is 5.95. The fourth-order valence-corrected chi connectivity index (χ4v) is 3.12. The third kappa shape index (κ3) is 2.96. The Morgan fingerprint density at radius 3 is 2.81 bits per heavy atom. The number of para-hydroxylation sites is 1. The molecule has 1 aliphatic heterocycles. The van der Waals surface area contributed by atoms with Gasteiger partial charge in [-0.05, 0) is 41.5 Å². The van der Waals surface area contributed by atoms with Crippen LogP contribution in [0.1, 0.15) is 35.4 Å². The molecule has 2 nitrogen and oxygen atoms in total. The van der Waals surface area contributed by atoms with Crippen molar-refractivity contribution >= 4 is 0 Å². The maximum absolute atomic E-state index is 5.95. The van der Waals surface area contributed by atoms with Crippen LogP contribution >= 0.6 is 0 Å². The van der Waals surface area contributed by atoms with Crippen LogP contribution in [0.15, 0.2) is 48.5 Å². The third-order valence-corrected chi connectivity index (χ3v) is 4.41. The molecule has 1 saturated carbocycles. The number of nitrogens with one attached hydrogen (secondary N) is 1. The van der Waals surface area contributed by atoms with Crippen LogP contribution in [0.3, 0.4) is 0 Å². The highest BCUT2D eigenvalue weighted by Gasteiger charge is 2.23. The van der Waals surface area contributed by atoms with Crippen molar-refractivity contribution in [2.75, 3.05) is 6.54 Å². The zero-order valence-electron chi connectivity index (χ0n) is 12.2. The van der Waals surface area contributed by atoms with Gasteiger partial charge in [-0.3, -0.25) is 0 Å². The van der Waals surface area contributed by atoms with E-state index in [-0.39, 0.29) is 6.10 Å². The van der Waals surface area contributed by atoms with Crippen molar-refractivity contribution in [2.24, 2.45) is 0 Å². The van der Waals surface area contributed by atoms with E-state index in [1.807, 2.05) is 6.07 Å². The average Bonchev–Trinajstić information content (AvgIpc) is 3.28. The second-order valence-corrected chi connectivity index (χ2v) is 6.20. The molecule has 1 atom stereocenters. The van der Waals surface area contributed by atoms with Crippen LogP contribution in [0.2, 0.25) is 0 Å². The van der Waals surface area contributed by atoms with E-state index >= 15 is 0 Å². The van der Waals surface area contributed by atoms with Crippen LogP contribution in [-0.4, -0.2) is 12.6 Å². The van der Waals surface area contributed by atoms with Crippen molar-refractivity contribution in [1.29, 1.82) is 0 Å². The van der Waals surface area contributed by atoms with Gasteiger partial charge in [0, 0.05) is 19.5 Å². The van der Waals surface area contributed by atoms with Crippen LogP contribution in [0, 0.1) is 0 Å². The van der Waals surface area contributed by atoms with Gasteiger partial charge >= 0.3 is 0 Å². The average molecular weight is 279 g/mol. The number of benzene rings is 2. The van der Waals surface area contributed by atoms with E-state index < -0.39 is 0 Å². The molecule has 0 bridgehead atoms. The summed E-state index contributed by atoms with van der Waals surface area (Å²) in [5.41, 5.74) is 4.23.